The van der Waals surface area contributed by atoms with E-state index >= 15 is 0 Å². The van der Waals surface area contributed by atoms with Gasteiger partial charge in [0, 0.05) is 17.3 Å². The number of nitrogens with zero attached hydrogens (tertiary/aromatic N) is 3. The molecule has 0 saturated heterocycles. The van der Waals surface area contributed by atoms with Crippen LogP contribution < -0.4 is 10.6 Å². The van der Waals surface area contributed by atoms with Crippen molar-refractivity contribution in [2.45, 2.75) is 6.92 Å². The molecule has 0 aliphatic rings. The van der Waals surface area contributed by atoms with E-state index in [0.717, 1.165) is 16.6 Å². The smallest absolute Gasteiger partial charge is 0.323 e. The number of carbonyl (C=O) groups is 1. The third-order valence-electron chi connectivity index (χ3n) is 3.11. The van der Waals surface area contributed by atoms with Crippen molar-refractivity contribution < 1.29 is 4.79 Å². The van der Waals surface area contributed by atoms with Crippen LogP contribution in [0.5, 0.6) is 0 Å². The van der Waals surface area contributed by atoms with Gasteiger partial charge in [0.1, 0.15) is 0 Å². The minimum atomic E-state index is -0.557. The summed E-state index contributed by atoms with van der Waals surface area (Å²) in [7, 11) is 0. The van der Waals surface area contributed by atoms with Gasteiger partial charge in [0.15, 0.2) is 0 Å². The van der Waals surface area contributed by atoms with Gasteiger partial charge >= 0.3 is 6.03 Å². The molecule has 0 saturated carbocycles. The van der Waals surface area contributed by atoms with Gasteiger partial charge in [-0.1, -0.05) is 0 Å². The number of aromatic amines is 1. The first-order chi connectivity index (χ1) is 9.66. The Balaban J connectivity index is 2.14. The summed E-state index contributed by atoms with van der Waals surface area (Å²) in [6, 6.07) is 8.52. The van der Waals surface area contributed by atoms with Gasteiger partial charge in [-0.25, -0.2) is 4.79 Å². The van der Waals surface area contributed by atoms with Crippen LogP contribution in [0.15, 0.2) is 42.7 Å². The van der Waals surface area contributed by atoms with Crippen molar-refractivity contribution in [3.05, 3.63) is 48.4 Å². The largest absolute Gasteiger partial charge is 0.351 e. The molecule has 0 aliphatic carbocycles. The van der Waals surface area contributed by atoms with Crippen LogP contribution in [0.1, 0.15) is 5.69 Å². The first-order valence-corrected chi connectivity index (χ1v) is 6.11. The van der Waals surface area contributed by atoms with E-state index < -0.39 is 6.03 Å². The van der Waals surface area contributed by atoms with Gasteiger partial charge in [0.25, 0.3) is 0 Å². The fourth-order valence-electron chi connectivity index (χ4n) is 2.15. The van der Waals surface area contributed by atoms with Crippen molar-refractivity contribution in [1.82, 2.24) is 15.2 Å². The van der Waals surface area contributed by atoms with Crippen molar-refractivity contribution in [2.75, 3.05) is 4.90 Å². The number of urea groups is 1. The quantitative estimate of drug-likeness (QED) is 0.747. The zero-order valence-electron chi connectivity index (χ0n) is 10.9. The molecule has 3 rings (SSSR count). The third kappa shape index (κ3) is 1.97. The van der Waals surface area contributed by atoms with Gasteiger partial charge in [-0.05, 0) is 37.3 Å². The average molecular weight is 267 g/mol. The second-order valence-corrected chi connectivity index (χ2v) is 4.43. The number of nitrogens with two attached hydrogens (primary N) is 1. The Morgan fingerprint density at radius 2 is 2.15 bits per heavy atom. The molecule has 0 spiro atoms. The number of primary amides is 1. The number of anilines is 2. The molecule has 0 fully saturated rings. The summed E-state index contributed by atoms with van der Waals surface area (Å²) in [6.45, 7) is 1.93. The topological polar surface area (TPSA) is 87.9 Å². The van der Waals surface area contributed by atoms with E-state index in [0.29, 0.717) is 11.4 Å². The second-order valence-electron chi connectivity index (χ2n) is 4.43. The fourth-order valence-corrected chi connectivity index (χ4v) is 2.15. The molecule has 20 heavy (non-hydrogen) atoms. The Bertz CT molecular complexity index is 766. The molecule has 2 aromatic heterocycles. The lowest BCUT2D eigenvalue weighted by Crippen LogP contribution is -2.31. The van der Waals surface area contributed by atoms with Crippen LogP contribution in [-0.2, 0) is 0 Å². The molecule has 6 nitrogen and oxygen atoms in total. The number of aryl methyl sites for hydroxylation is 1. The van der Waals surface area contributed by atoms with Crippen LogP contribution in [-0.4, -0.2) is 21.2 Å². The van der Waals surface area contributed by atoms with E-state index in [9.17, 15) is 4.79 Å². The Labute approximate surface area is 115 Å². The number of amides is 2. The van der Waals surface area contributed by atoms with E-state index in [4.69, 9.17) is 5.73 Å². The van der Waals surface area contributed by atoms with E-state index in [2.05, 4.69) is 15.2 Å². The van der Waals surface area contributed by atoms with Crippen LogP contribution in [0.2, 0.25) is 0 Å². The number of fused-ring (bicyclic) bond motifs is 1. The molecule has 0 atom stereocenters. The lowest BCUT2D eigenvalue weighted by Gasteiger charge is -2.20. The minimum Gasteiger partial charge on any atom is -0.351 e. The maximum atomic E-state index is 11.8. The number of pyridine rings is 1. The highest BCUT2D eigenvalue weighted by Gasteiger charge is 2.16. The number of H-pyrrole nitrogens is 1. The lowest BCUT2D eigenvalue weighted by molar-refractivity contribution is 0.256. The number of aromatic nitrogens is 3. The Kier molecular flexibility index (Phi) is 2.83. The molecule has 6 heteroatoms. The molecule has 0 bridgehead atoms. The molecule has 2 amide bonds. The molecular formula is C14H13N5O. The van der Waals surface area contributed by atoms with Gasteiger partial charge in [0.05, 0.1) is 23.1 Å². The van der Waals surface area contributed by atoms with Crippen LogP contribution in [0.4, 0.5) is 16.2 Å². The molecule has 0 unspecified atom stereocenters. The van der Waals surface area contributed by atoms with Crippen molar-refractivity contribution in [3.63, 3.8) is 0 Å². The molecule has 1 aromatic carbocycles. The van der Waals surface area contributed by atoms with Crippen molar-refractivity contribution in [2.24, 2.45) is 5.73 Å². The zero-order chi connectivity index (χ0) is 14.1. The first kappa shape index (κ1) is 12.2. The van der Waals surface area contributed by atoms with Crippen LogP contribution in [0, 0.1) is 6.92 Å². The zero-order valence-corrected chi connectivity index (χ0v) is 10.9. The second kappa shape index (κ2) is 4.65. The third-order valence-corrected chi connectivity index (χ3v) is 3.11. The molecule has 100 valence electrons. The van der Waals surface area contributed by atoms with Crippen molar-refractivity contribution in [3.8, 4) is 0 Å². The Morgan fingerprint density at radius 1 is 1.30 bits per heavy atom. The number of benzene rings is 1. The van der Waals surface area contributed by atoms with Crippen molar-refractivity contribution >= 4 is 28.3 Å². The van der Waals surface area contributed by atoms with Gasteiger partial charge < -0.3 is 5.73 Å². The summed E-state index contributed by atoms with van der Waals surface area (Å²) < 4.78 is 0. The van der Waals surface area contributed by atoms with Crippen LogP contribution >= 0.6 is 0 Å². The summed E-state index contributed by atoms with van der Waals surface area (Å²) in [5.74, 6) is 0. The molecule has 3 aromatic rings. The minimum absolute atomic E-state index is 0.557. The SMILES string of the molecule is Cc1[nH]nc2ccc(N(C(N)=O)c3cccnc3)cc12. The molecule has 0 aliphatic heterocycles. The number of rotatable bonds is 2. The van der Waals surface area contributed by atoms with Gasteiger partial charge in [0.2, 0.25) is 0 Å². The van der Waals surface area contributed by atoms with E-state index in [1.54, 1.807) is 30.6 Å². The van der Waals surface area contributed by atoms with Crippen LogP contribution in [0.3, 0.4) is 0 Å². The highest BCUT2D eigenvalue weighted by molar-refractivity contribution is 6.00. The summed E-state index contributed by atoms with van der Waals surface area (Å²) in [6.07, 6.45) is 3.24. The number of carbonyl (C=O) groups excluding carboxylic acids is 1. The fraction of sp³-hybridized carbons (Fsp3) is 0.0714. The maximum Gasteiger partial charge on any atom is 0.323 e. The normalized spacial score (nSPS) is 10.7. The number of hydrogen-bond donors (Lipinski definition) is 2. The van der Waals surface area contributed by atoms with Gasteiger partial charge in [-0.2, -0.15) is 5.10 Å². The molecule has 3 N–H and O–H groups in total. The molecule has 0 radical (unpaired) electrons. The summed E-state index contributed by atoms with van der Waals surface area (Å²) in [4.78, 5) is 17.2. The van der Waals surface area contributed by atoms with E-state index in [-0.39, 0.29) is 0 Å². The summed E-state index contributed by atoms with van der Waals surface area (Å²) in [5.41, 5.74) is 8.59. The van der Waals surface area contributed by atoms with Gasteiger partial charge in [-0.3, -0.25) is 15.0 Å². The molecule has 2 heterocycles. The van der Waals surface area contributed by atoms with E-state index in [1.807, 2.05) is 19.1 Å². The number of hydrogen-bond acceptors (Lipinski definition) is 3. The first-order valence-electron chi connectivity index (χ1n) is 6.11. The predicted octanol–water partition coefficient (Wildman–Crippen LogP) is 2.48. The monoisotopic (exact) mass is 267 g/mol. The van der Waals surface area contributed by atoms with E-state index in [1.165, 1.54) is 4.90 Å². The maximum absolute atomic E-state index is 11.8. The van der Waals surface area contributed by atoms with Gasteiger partial charge in [-0.15, -0.1) is 0 Å². The van der Waals surface area contributed by atoms with Crippen molar-refractivity contribution in [1.29, 1.82) is 0 Å². The highest BCUT2D eigenvalue weighted by atomic mass is 16.2. The lowest BCUT2D eigenvalue weighted by atomic mass is 10.2. The van der Waals surface area contributed by atoms with Crippen LogP contribution in [0.25, 0.3) is 10.9 Å². The Hall–Kier alpha value is -2.89. The summed E-state index contributed by atoms with van der Waals surface area (Å²) >= 11 is 0. The molecular weight excluding hydrogens is 254 g/mol. The standard InChI is InChI=1S/C14H13N5O/c1-9-12-7-10(4-5-13(12)18-17-9)19(14(15)20)11-3-2-6-16-8-11/h2-8H,1H3,(H2,15,20)(H,17,18). The Morgan fingerprint density at radius 3 is 2.85 bits per heavy atom. The summed E-state index contributed by atoms with van der Waals surface area (Å²) in [5, 5.41) is 8.04. The highest BCUT2D eigenvalue weighted by Crippen LogP contribution is 2.28. The average Bonchev–Trinajstić information content (AvgIpc) is 2.81. The predicted molar refractivity (Wildman–Crippen MR) is 76.8 cm³/mol. The number of nitrogens with one attached hydrogen (secondary N) is 1.